The molecule has 2 N–H and O–H groups in total. The predicted molar refractivity (Wildman–Crippen MR) is 98.8 cm³/mol. The third kappa shape index (κ3) is 3.06. The van der Waals surface area contributed by atoms with Gasteiger partial charge in [-0.15, -0.1) is 11.3 Å². The van der Waals surface area contributed by atoms with Crippen LogP contribution in [0, 0.1) is 0 Å². The summed E-state index contributed by atoms with van der Waals surface area (Å²) in [5.74, 6) is 0.725. The highest BCUT2D eigenvalue weighted by Crippen LogP contribution is 2.34. The molecule has 26 heavy (non-hydrogen) atoms. The van der Waals surface area contributed by atoms with Gasteiger partial charge in [-0.05, 0) is 36.1 Å². The number of ether oxygens (including phenoxy) is 1. The lowest BCUT2D eigenvalue weighted by molar-refractivity contribution is -0.126. The molecule has 1 aromatic heterocycles. The Kier molecular flexibility index (Phi) is 4.38. The Morgan fingerprint density at radius 2 is 2.04 bits per heavy atom. The molecule has 0 saturated carbocycles. The molecule has 1 aromatic carbocycles. The highest BCUT2D eigenvalue weighted by Gasteiger charge is 2.40. The van der Waals surface area contributed by atoms with Crippen molar-refractivity contribution in [2.75, 3.05) is 13.2 Å². The van der Waals surface area contributed by atoms with E-state index in [-0.39, 0.29) is 11.9 Å². The molecular weight excluding hydrogens is 350 g/mol. The van der Waals surface area contributed by atoms with E-state index in [0.717, 1.165) is 16.2 Å². The Morgan fingerprint density at radius 3 is 2.73 bits per heavy atom. The number of nitrogens with zero attached hydrogens (tertiary/aromatic N) is 1. The monoisotopic (exact) mass is 369 g/mol. The molecule has 3 amide bonds. The third-order valence-electron chi connectivity index (χ3n) is 4.47. The Morgan fingerprint density at radius 1 is 1.23 bits per heavy atom. The van der Waals surface area contributed by atoms with E-state index in [1.165, 1.54) is 0 Å². The van der Waals surface area contributed by atoms with Gasteiger partial charge in [-0.1, -0.05) is 18.2 Å². The summed E-state index contributed by atoms with van der Waals surface area (Å²) >= 11 is 1.62. The van der Waals surface area contributed by atoms with Gasteiger partial charge >= 0.3 is 6.03 Å². The van der Waals surface area contributed by atoms with Gasteiger partial charge < -0.3 is 20.3 Å². The number of amides is 3. The van der Waals surface area contributed by atoms with Gasteiger partial charge in [-0.25, -0.2) is 4.79 Å². The smallest absolute Gasteiger partial charge is 0.319 e. The van der Waals surface area contributed by atoms with Gasteiger partial charge in [0.05, 0.1) is 37.0 Å². The molecule has 0 aliphatic carbocycles. The van der Waals surface area contributed by atoms with Crippen molar-refractivity contribution in [3.05, 3.63) is 63.5 Å². The van der Waals surface area contributed by atoms with E-state index in [2.05, 4.69) is 10.6 Å². The van der Waals surface area contributed by atoms with E-state index >= 15 is 0 Å². The highest BCUT2D eigenvalue weighted by molar-refractivity contribution is 7.09. The summed E-state index contributed by atoms with van der Waals surface area (Å²) in [6.07, 6.45) is 0. The van der Waals surface area contributed by atoms with E-state index in [4.69, 9.17) is 4.74 Å². The maximum atomic E-state index is 13.0. The van der Waals surface area contributed by atoms with Crippen LogP contribution in [0.25, 0.3) is 0 Å². The van der Waals surface area contributed by atoms with Crippen molar-refractivity contribution in [1.82, 2.24) is 15.5 Å². The molecule has 0 fully saturated rings. The number of benzene rings is 1. The second-order valence-corrected chi connectivity index (χ2v) is 7.20. The van der Waals surface area contributed by atoms with E-state index in [1.807, 2.05) is 48.7 Å². The van der Waals surface area contributed by atoms with Crippen LogP contribution in [0.1, 0.15) is 23.4 Å². The zero-order valence-corrected chi connectivity index (χ0v) is 15.1. The van der Waals surface area contributed by atoms with Crippen molar-refractivity contribution in [2.45, 2.75) is 19.5 Å². The molecule has 6 nitrogen and oxygen atoms in total. The van der Waals surface area contributed by atoms with E-state index in [1.54, 1.807) is 16.2 Å². The fourth-order valence-electron chi connectivity index (χ4n) is 3.32. The standard InChI is InChI=1S/C19H19N3O3S/c1-2-25-13-7-5-12(6-8-13)17-16-15(20-19(24)21-17)11-22(18(16)23)10-14-4-3-9-26-14/h3-9,17H,2,10-11H2,1H3,(H2,20,21,24)/t17-/m0/s1. The molecule has 0 unspecified atom stereocenters. The first-order valence-electron chi connectivity index (χ1n) is 8.50. The number of hydrogen-bond acceptors (Lipinski definition) is 4. The minimum atomic E-state index is -0.449. The number of nitrogens with one attached hydrogen (secondary N) is 2. The first kappa shape index (κ1) is 16.7. The topological polar surface area (TPSA) is 70.7 Å². The molecule has 3 heterocycles. The zero-order valence-electron chi connectivity index (χ0n) is 14.3. The van der Waals surface area contributed by atoms with E-state index in [9.17, 15) is 9.59 Å². The van der Waals surface area contributed by atoms with Crippen molar-refractivity contribution >= 4 is 23.3 Å². The summed E-state index contributed by atoms with van der Waals surface area (Å²) in [6.45, 7) is 3.49. The van der Waals surface area contributed by atoms with Crippen LogP contribution in [0.4, 0.5) is 4.79 Å². The van der Waals surface area contributed by atoms with Gasteiger partial charge in [0, 0.05) is 4.88 Å². The predicted octanol–water partition coefficient (Wildman–Crippen LogP) is 2.80. The van der Waals surface area contributed by atoms with Gasteiger partial charge in [0.1, 0.15) is 5.75 Å². The molecule has 2 aliphatic heterocycles. The molecule has 0 spiro atoms. The first-order valence-corrected chi connectivity index (χ1v) is 9.38. The minimum absolute atomic E-state index is 0.0419. The summed E-state index contributed by atoms with van der Waals surface area (Å²) in [4.78, 5) is 28.0. The lowest BCUT2D eigenvalue weighted by atomic mass is 9.96. The van der Waals surface area contributed by atoms with Crippen molar-refractivity contribution < 1.29 is 14.3 Å². The second kappa shape index (κ2) is 6.84. The number of rotatable bonds is 5. The third-order valence-corrected chi connectivity index (χ3v) is 5.33. The zero-order chi connectivity index (χ0) is 18.1. The average Bonchev–Trinajstić information content (AvgIpc) is 3.24. The Balaban J connectivity index is 1.60. The fourth-order valence-corrected chi connectivity index (χ4v) is 4.04. The maximum absolute atomic E-state index is 13.0. The van der Waals surface area contributed by atoms with Gasteiger partial charge in [0.2, 0.25) is 0 Å². The van der Waals surface area contributed by atoms with E-state index in [0.29, 0.717) is 31.0 Å². The van der Waals surface area contributed by atoms with Crippen molar-refractivity contribution in [3.8, 4) is 5.75 Å². The SMILES string of the molecule is CCOc1ccc([C@@H]2NC(=O)NC3=C2C(=O)N(Cc2cccs2)C3)cc1. The quantitative estimate of drug-likeness (QED) is 0.851. The van der Waals surface area contributed by atoms with Crippen LogP contribution in [0.2, 0.25) is 0 Å². The Labute approximate surface area is 155 Å². The minimum Gasteiger partial charge on any atom is -0.494 e. The van der Waals surface area contributed by atoms with Gasteiger partial charge in [-0.3, -0.25) is 4.79 Å². The van der Waals surface area contributed by atoms with Crippen LogP contribution in [0.5, 0.6) is 5.75 Å². The van der Waals surface area contributed by atoms with Crippen molar-refractivity contribution in [1.29, 1.82) is 0 Å². The molecule has 4 rings (SSSR count). The largest absolute Gasteiger partial charge is 0.494 e. The molecule has 2 aliphatic rings. The molecule has 1 atom stereocenters. The molecule has 0 radical (unpaired) electrons. The van der Waals surface area contributed by atoms with Crippen LogP contribution in [0.15, 0.2) is 53.0 Å². The Bertz CT molecular complexity index is 859. The summed E-state index contributed by atoms with van der Waals surface area (Å²) < 4.78 is 5.47. The van der Waals surface area contributed by atoms with Crippen molar-refractivity contribution in [3.63, 3.8) is 0 Å². The van der Waals surface area contributed by atoms with Crippen LogP contribution >= 0.6 is 11.3 Å². The molecular formula is C19H19N3O3S. The average molecular weight is 369 g/mol. The van der Waals surface area contributed by atoms with Crippen LogP contribution in [-0.2, 0) is 11.3 Å². The molecule has 0 saturated heterocycles. The lowest BCUT2D eigenvalue weighted by Crippen LogP contribution is -2.44. The normalized spacial score (nSPS) is 19.3. The summed E-state index contributed by atoms with van der Waals surface area (Å²) in [5.41, 5.74) is 2.17. The molecule has 7 heteroatoms. The van der Waals surface area contributed by atoms with Crippen LogP contribution < -0.4 is 15.4 Å². The summed E-state index contributed by atoms with van der Waals surface area (Å²) in [5, 5.41) is 7.66. The van der Waals surface area contributed by atoms with Crippen molar-refractivity contribution in [2.24, 2.45) is 0 Å². The number of hydrogen-bond donors (Lipinski definition) is 2. The molecule has 134 valence electrons. The van der Waals surface area contributed by atoms with Gasteiger partial charge in [0.15, 0.2) is 0 Å². The van der Waals surface area contributed by atoms with Gasteiger partial charge in [-0.2, -0.15) is 0 Å². The fraction of sp³-hybridized carbons (Fsp3) is 0.263. The van der Waals surface area contributed by atoms with Crippen LogP contribution in [-0.4, -0.2) is 30.0 Å². The first-order chi connectivity index (χ1) is 12.7. The molecule has 0 bridgehead atoms. The number of carbonyl (C=O) groups is 2. The Hall–Kier alpha value is -2.80. The number of thiophene rings is 1. The van der Waals surface area contributed by atoms with Gasteiger partial charge in [0.25, 0.3) is 5.91 Å². The summed E-state index contributed by atoms with van der Waals surface area (Å²) in [6, 6.07) is 10.7. The number of urea groups is 1. The maximum Gasteiger partial charge on any atom is 0.319 e. The molecule has 2 aromatic rings. The lowest BCUT2D eigenvalue weighted by Gasteiger charge is -2.25. The number of carbonyl (C=O) groups excluding carboxylic acids is 2. The highest BCUT2D eigenvalue weighted by atomic mass is 32.1. The second-order valence-electron chi connectivity index (χ2n) is 6.17. The van der Waals surface area contributed by atoms with E-state index < -0.39 is 6.04 Å². The summed E-state index contributed by atoms with van der Waals surface area (Å²) in [7, 11) is 0. The van der Waals surface area contributed by atoms with Crippen LogP contribution in [0.3, 0.4) is 0 Å².